The number of aromatic carboxylic acids is 1. The Kier molecular flexibility index (Phi) is 5.08. The summed E-state index contributed by atoms with van der Waals surface area (Å²) in [5.74, 6) is -4.03. The van der Waals surface area contributed by atoms with Crippen molar-refractivity contribution in [1.29, 1.82) is 0 Å². The smallest absolute Gasteiger partial charge is 0.338 e. The Bertz CT molecular complexity index is 525. The van der Waals surface area contributed by atoms with Crippen LogP contribution in [0.1, 0.15) is 17.3 Å². The highest BCUT2D eigenvalue weighted by Crippen LogP contribution is 2.21. The summed E-state index contributed by atoms with van der Waals surface area (Å²) in [6, 6.07) is 2.27. The molecule has 1 atom stereocenters. The minimum atomic E-state index is -1.49. The number of benzene rings is 1. The van der Waals surface area contributed by atoms with Crippen LogP contribution in [0.2, 0.25) is 0 Å². The molecule has 0 saturated carbocycles. The molecule has 0 radical (unpaired) electrons. The summed E-state index contributed by atoms with van der Waals surface area (Å²) in [7, 11) is 0. The second-order valence-corrected chi connectivity index (χ2v) is 4.86. The van der Waals surface area contributed by atoms with Gasteiger partial charge in [0.15, 0.2) is 11.6 Å². The first kappa shape index (κ1) is 15.7. The lowest BCUT2D eigenvalue weighted by atomic mass is 10.1. The molecule has 0 bridgehead atoms. The number of hydrogen-bond acceptors (Lipinski definition) is 4. The number of nitrogens with one attached hydrogen (secondary N) is 1. The molecule has 2 rings (SSSR count). The van der Waals surface area contributed by atoms with Gasteiger partial charge in [0, 0.05) is 19.6 Å². The molecular formula is C14H18F2N2O3. The number of carboxylic acids is 1. The van der Waals surface area contributed by atoms with E-state index in [9.17, 15) is 13.6 Å². The Morgan fingerprint density at radius 1 is 1.48 bits per heavy atom. The molecule has 116 valence electrons. The van der Waals surface area contributed by atoms with Gasteiger partial charge in [0.05, 0.1) is 24.0 Å². The monoisotopic (exact) mass is 300 g/mol. The van der Waals surface area contributed by atoms with Crippen molar-refractivity contribution < 1.29 is 23.4 Å². The van der Waals surface area contributed by atoms with Crippen molar-refractivity contribution in [3.05, 3.63) is 29.3 Å². The first-order valence-corrected chi connectivity index (χ1v) is 6.82. The summed E-state index contributed by atoms with van der Waals surface area (Å²) in [5.41, 5.74) is -0.737. The van der Waals surface area contributed by atoms with Gasteiger partial charge in [-0.25, -0.2) is 13.6 Å². The molecule has 1 fully saturated rings. The summed E-state index contributed by atoms with van der Waals surface area (Å²) in [6.45, 7) is 5.49. The van der Waals surface area contributed by atoms with Crippen LogP contribution >= 0.6 is 0 Å². The number of nitrogens with zero attached hydrogens (tertiary/aromatic N) is 1. The molecule has 1 aliphatic heterocycles. The van der Waals surface area contributed by atoms with Crippen molar-refractivity contribution in [3.8, 4) is 0 Å². The molecule has 7 heteroatoms. The predicted molar refractivity (Wildman–Crippen MR) is 73.7 cm³/mol. The third-order valence-electron chi connectivity index (χ3n) is 3.50. The molecule has 0 aliphatic carbocycles. The molecule has 1 saturated heterocycles. The number of anilines is 1. The van der Waals surface area contributed by atoms with Crippen LogP contribution in [0.4, 0.5) is 14.5 Å². The maximum absolute atomic E-state index is 13.8. The van der Waals surface area contributed by atoms with E-state index in [0.29, 0.717) is 13.2 Å². The maximum Gasteiger partial charge on any atom is 0.338 e. The number of ether oxygens (including phenoxy) is 1. The molecule has 1 unspecified atom stereocenters. The van der Waals surface area contributed by atoms with Crippen LogP contribution in [0.3, 0.4) is 0 Å². The van der Waals surface area contributed by atoms with Crippen molar-refractivity contribution in [2.45, 2.75) is 13.0 Å². The molecular weight excluding hydrogens is 282 g/mol. The number of rotatable bonds is 5. The normalized spacial score (nSPS) is 19.5. The van der Waals surface area contributed by atoms with E-state index < -0.39 is 23.2 Å². The molecule has 2 N–H and O–H groups in total. The van der Waals surface area contributed by atoms with Crippen LogP contribution in [0.25, 0.3) is 0 Å². The number of morpholine rings is 1. The molecule has 5 nitrogen and oxygen atoms in total. The fourth-order valence-corrected chi connectivity index (χ4v) is 2.27. The van der Waals surface area contributed by atoms with E-state index in [4.69, 9.17) is 9.84 Å². The van der Waals surface area contributed by atoms with E-state index in [1.165, 1.54) is 6.07 Å². The minimum absolute atomic E-state index is 0.0604. The van der Waals surface area contributed by atoms with E-state index in [1.807, 2.05) is 0 Å². The van der Waals surface area contributed by atoms with Gasteiger partial charge in [0.1, 0.15) is 0 Å². The second-order valence-electron chi connectivity index (χ2n) is 4.86. The Labute approximate surface area is 121 Å². The van der Waals surface area contributed by atoms with E-state index in [-0.39, 0.29) is 11.8 Å². The van der Waals surface area contributed by atoms with Crippen LogP contribution in [0.15, 0.2) is 12.1 Å². The van der Waals surface area contributed by atoms with Crippen molar-refractivity contribution in [2.75, 3.05) is 38.1 Å². The summed E-state index contributed by atoms with van der Waals surface area (Å²) in [5, 5.41) is 11.5. The van der Waals surface area contributed by atoms with Gasteiger partial charge in [0.2, 0.25) is 0 Å². The topological polar surface area (TPSA) is 61.8 Å². The predicted octanol–water partition coefficient (Wildman–Crippen LogP) is 1.80. The largest absolute Gasteiger partial charge is 0.478 e. The summed E-state index contributed by atoms with van der Waals surface area (Å²) >= 11 is 0. The zero-order chi connectivity index (χ0) is 15.4. The van der Waals surface area contributed by atoms with Gasteiger partial charge in [0.25, 0.3) is 0 Å². The Morgan fingerprint density at radius 3 is 2.90 bits per heavy atom. The third-order valence-corrected chi connectivity index (χ3v) is 3.50. The van der Waals surface area contributed by atoms with Crippen molar-refractivity contribution >= 4 is 11.7 Å². The lowest BCUT2D eigenvalue weighted by Gasteiger charge is -2.32. The molecule has 0 spiro atoms. The fourth-order valence-electron chi connectivity index (χ4n) is 2.27. The van der Waals surface area contributed by atoms with Crippen molar-refractivity contribution in [3.63, 3.8) is 0 Å². The van der Waals surface area contributed by atoms with Gasteiger partial charge in [-0.2, -0.15) is 0 Å². The average Bonchev–Trinajstić information content (AvgIpc) is 2.48. The van der Waals surface area contributed by atoms with E-state index in [0.717, 1.165) is 25.7 Å². The quantitative estimate of drug-likeness (QED) is 0.868. The van der Waals surface area contributed by atoms with Gasteiger partial charge in [-0.1, -0.05) is 6.92 Å². The molecule has 1 aliphatic rings. The Hall–Kier alpha value is -1.73. The van der Waals surface area contributed by atoms with Crippen LogP contribution in [0.5, 0.6) is 0 Å². The average molecular weight is 300 g/mol. The number of hydrogen-bond donors (Lipinski definition) is 2. The molecule has 21 heavy (non-hydrogen) atoms. The zero-order valence-corrected chi connectivity index (χ0v) is 11.7. The third kappa shape index (κ3) is 3.68. The second kappa shape index (κ2) is 6.82. The van der Waals surface area contributed by atoms with Gasteiger partial charge in [-0.15, -0.1) is 0 Å². The summed E-state index contributed by atoms with van der Waals surface area (Å²) in [6.07, 6.45) is -0.111. The first-order chi connectivity index (χ1) is 10.0. The Balaban J connectivity index is 2.00. The SMILES string of the molecule is CCN1CCOC(CNc2ccc(C(=O)O)c(F)c2F)C1. The highest BCUT2D eigenvalue weighted by Gasteiger charge is 2.21. The van der Waals surface area contributed by atoms with Crippen LogP contribution in [-0.4, -0.2) is 54.9 Å². The molecule has 1 aromatic rings. The van der Waals surface area contributed by atoms with Gasteiger partial charge < -0.3 is 15.2 Å². The van der Waals surface area contributed by atoms with E-state index >= 15 is 0 Å². The number of carbonyl (C=O) groups is 1. The standard InChI is InChI=1S/C14H18F2N2O3/c1-2-18-5-6-21-9(8-18)7-17-11-4-3-10(14(19)20)12(15)13(11)16/h3-4,9,17H,2,5-8H2,1H3,(H,19,20). The number of likely N-dealkylation sites (N-methyl/N-ethyl adjacent to an activating group) is 1. The van der Waals surface area contributed by atoms with Crippen molar-refractivity contribution in [1.82, 2.24) is 4.90 Å². The maximum atomic E-state index is 13.8. The fraction of sp³-hybridized carbons (Fsp3) is 0.500. The number of halogens is 2. The van der Waals surface area contributed by atoms with Gasteiger partial charge in [-0.3, -0.25) is 4.90 Å². The van der Waals surface area contributed by atoms with Crippen LogP contribution < -0.4 is 5.32 Å². The zero-order valence-electron chi connectivity index (χ0n) is 11.7. The molecule has 1 heterocycles. The Morgan fingerprint density at radius 2 is 2.24 bits per heavy atom. The van der Waals surface area contributed by atoms with E-state index in [2.05, 4.69) is 17.1 Å². The lowest BCUT2D eigenvalue weighted by Crippen LogP contribution is -2.45. The molecule has 0 aromatic heterocycles. The highest BCUT2D eigenvalue weighted by atomic mass is 19.2. The highest BCUT2D eigenvalue weighted by molar-refractivity contribution is 5.88. The van der Waals surface area contributed by atoms with Gasteiger partial charge >= 0.3 is 5.97 Å². The molecule has 1 aromatic carbocycles. The molecule has 0 amide bonds. The van der Waals surface area contributed by atoms with Gasteiger partial charge in [-0.05, 0) is 18.7 Å². The van der Waals surface area contributed by atoms with Crippen molar-refractivity contribution in [2.24, 2.45) is 0 Å². The lowest BCUT2D eigenvalue weighted by molar-refractivity contribution is -0.0192. The van der Waals surface area contributed by atoms with E-state index in [1.54, 1.807) is 0 Å². The minimum Gasteiger partial charge on any atom is -0.478 e. The first-order valence-electron chi connectivity index (χ1n) is 6.82. The van der Waals surface area contributed by atoms with Crippen LogP contribution in [0, 0.1) is 11.6 Å². The summed E-state index contributed by atoms with van der Waals surface area (Å²) < 4.78 is 32.9. The summed E-state index contributed by atoms with van der Waals surface area (Å²) in [4.78, 5) is 12.9. The van der Waals surface area contributed by atoms with Crippen LogP contribution in [-0.2, 0) is 4.74 Å². The number of carboxylic acid groups (broad SMARTS) is 1.